The maximum absolute atomic E-state index is 12.0. The molecule has 4 nitrogen and oxygen atoms in total. The second-order valence-corrected chi connectivity index (χ2v) is 5.55. The van der Waals surface area contributed by atoms with Crippen LogP contribution in [0.15, 0.2) is 30.3 Å². The van der Waals surface area contributed by atoms with Crippen LogP contribution in [-0.2, 0) is 14.3 Å². The molecular weight excluding hydrogens is 254 g/mol. The van der Waals surface area contributed by atoms with E-state index in [0.29, 0.717) is 6.42 Å². The number of benzene rings is 1. The molecule has 0 aromatic heterocycles. The Hall–Kier alpha value is -1.68. The van der Waals surface area contributed by atoms with E-state index < -0.39 is 6.04 Å². The van der Waals surface area contributed by atoms with Crippen LogP contribution in [0.3, 0.4) is 0 Å². The van der Waals surface area contributed by atoms with E-state index >= 15 is 0 Å². The summed E-state index contributed by atoms with van der Waals surface area (Å²) in [6, 6.07) is 9.25. The Morgan fingerprint density at radius 3 is 2.45 bits per heavy atom. The van der Waals surface area contributed by atoms with E-state index in [-0.39, 0.29) is 29.8 Å². The minimum atomic E-state index is -0.406. The third-order valence-corrected chi connectivity index (χ3v) is 3.59. The maximum Gasteiger partial charge on any atom is 0.323 e. The quantitative estimate of drug-likeness (QED) is 0.856. The van der Waals surface area contributed by atoms with E-state index in [0.717, 1.165) is 5.56 Å². The number of ketones is 1. The van der Waals surface area contributed by atoms with Crippen molar-refractivity contribution in [2.75, 3.05) is 0 Å². The van der Waals surface area contributed by atoms with E-state index in [1.165, 1.54) is 0 Å². The molecule has 20 heavy (non-hydrogen) atoms. The highest BCUT2D eigenvalue weighted by Crippen LogP contribution is 2.33. The van der Waals surface area contributed by atoms with Crippen molar-refractivity contribution in [1.82, 2.24) is 5.32 Å². The number of hydrogen-bond acceptors (Lipinski definition) is 4. The fraction of sp³-hybridized carbons (Fsp3) is 0.500. The first-order valence-corrected chi connectivity index (χ1v) is 7.01. The van der Waals surface area contributed by atoms with Crippen LogP contribution in [0.5, 0.6) is 0 Å². The zero-order valence-electron chi connectivity index (χ0n) is 12.1. The summed E-state index contributed by atoms with van der Waals surface area (Å²) >= 11 is 0. The third kappa shape index (κ3) is 3.25. The lowest BCUT2D eigenvalue weighted by Crippen LogP contribution is -2.35. The molecule has 3 atom stereocenters. The molecule has 108 valence electrons. The topological polar surface area (TPSA) is 55.4 Å². The first kappa shape index (κ1) is 14.7. The normalized spacial score (nSPS) is 25.7. The van der Waals surface area contributed by atoms with Gasteiger partial charge in [-0.25, -0.2) is 0 Å². The van der Waals surface area contributed by atoms with Crippen LogP contribution in [0.1, 0.15) is 38.8 Å². The van der Waals surface area contributed by atoms with Crippen molar-refractivity contribution in [3.8, 4) is 0 Å². The number of Topliss-reactive ketones (excluding diaryl/α,β-unsaturated/α-hetero) is 1. The minimum Gasteiger partial charge on any atom is -0.462 e. The van der Waals surface area contributed by atoms with Gasteiger partial charge in [0.2, 0.25) is 0 Å². The largest absolute Gasteiger partial charge is 0.462 e. The molecule has 1 aliphatic heterocycles. The lowest BCUT2D eigenvalue weighted by atomic mass is 9.90. The Morgan fingerprint density at radius 2 is 1.90 bits per heavy atom. The number of ether oxygens (including phenoxy) is 1. The molecule has 0 aliphatic carbocycles. The number of nitrogens with one attached hydrogen (secondary N) is 1. The molecule has 0 amide bonds. The van der Waals surface area contributed by atoms with E-state index in [4.69, 9.17) is 4.74 Å². The second kappa shape index (κ2) is 6.18. The zero-order valence-corrected chi connectivity index (χ0v) is 12.1. The van der Waals surface area contributed by atoms with Gasteiger partial charge in [0, 0.05) is 12.0 Å². The smallest absolute Gasteiger partial charge is 0.323 e. The SMILES string of the molecule is CC(=O)[C@H]1C[C@H](C(=O)OC(C)C)N[C@H]1c1ccccc1. The van der Waals surface area contributed by atoms with Crippen molar-refractivity contribution in [1.29, 1.82) is 0 Å². The molecule has 1 heterocycles. The summed E-state index contributed by atoms with van der Waals surface area (Å²) in [6.07, 6.45) is 0.358. The molecule has 1 saturated heterocycles. The van der Waals surface area contributed by atoms with E-state index in [9.17, 15) is 9.59 Å². The summed E-state index contributed by atoms with van der Waals surface area (Å²) in [5.74, 6) is -0.349. The Bertz CT molecular complexity index is 484. The van der Waals surface area contributed by atoms with Gasteiger partial charge in [0.25, 0.3) is 0 Å². The highest BCUT2D eigenvalue weighted by Gasteiger charge is 2.41. The Labute approximate surface area is 119 Å². The first-order valence-electron chi connectivity index (χ1n) is 7.01. The van der Waals surface area contributed by atoms with Gasteiger partial charge in [0.05, 0.1) is 6.10 Å². The van der Waals surface area contributed by atoms with E-state index in [1.54, 1.807) is 6.92 Å². The van der Waals surface area contributed by atoms with Gasteiger partial charge in [-0.3, -0.25) is 14.9 Å². The molecule has 0 spiro atoms. The summed E-state index contributed by atoms with van der Waals surface area (Å²) in [5.41, 5.74) is 1.03. The molecule has 0 unspecified atom stereocenters. The second-order valence-electron chi connectivity index (χ2n) is 5.55. The highest BCUT2D eigenvalue weighted by atomic mass is 16.5. The van der Waals surface area contributed by atoms with Gasteiger partial charge in [0.1, 0.15) is 11.8 Å². The number of carbonyl (C=O) groups is 2. The predicted octanol–water partition coefficient (Wildman–Crippen LogP) is 2.25. The van der Waals surface area contributed by atoms with Crippen molar-refractivity contribution in [2.45, 2.75) is 45.4 Å². The fourth-order valence-corrected chi connectivity index (χ4v) is 2.66. The molecule has 1 fully saturated rings. The Kier molecular flexibility index (Phi) is 4.55. The molecule has 1 aliphatic rings. The van der Waals surface area contributed by atoms with Gasteiger partial charge in [-0.05, 0) is 32.8 Å². The molecular formula is C16H21NO3. The Balaban J connectivity index is 2.16. The van der Waals surface area contributed by atoms with Crippen LogP contribution in [0.25, 0.3) is 0 Å². The van der Waals surface area contributed by atoms with E-state index in [1.807, 2.05) is 44.2 Å². The molecule has 1 aromatic rings. The first-order chi connectivity index (χ1) is 9.49. The lowest BCUT2D eigenvalue weighted by Gasteiger charge is -2.18. The van der Waals surface area contributed by atoms with Crippen molar-refractivity contribution in [3.63, 3.8) is 0 Å². The van der Waals surface area contributed by atoms with Crippen molar-refractivity contribution < 1.29 is 14.3 Å². The summed E-state index contributed by atoms with van der Waals surface area (Å²) in [4.78, 5) is 23.8. The predicted molar refractivity (Wildman–Crippen MR) is 76.1 cm³/mol. The van der Waals surface area contributed by atoms with Crippen LogP contribution in [-0.4, -0.2) is 23.9 Å². The summed E-state index contributed by atoms with van der Waals surface area (Å²) in [7, 11) is 0. The number of hydrogen-bond donors (Lipinski definition) is 1. The number of carbonyl (C=O) groups excluding carboxylic acids is 2. The fourth-order valence-electron chi connectivity index (χ4n) is 2.66. The van der Waals surface area contributed by atoms with Gasteiger partial charge >= 0.3 is 5.97 Å². The molecule has 4 heteroatoms. The summed E-state index contributed by atoms with van der Waals surface area (Å²) < 4.78 is 5.23. The highest BCUT2D eigenvalue weighted by molar-refractivity contribution is 5.83. The lowest BCUT2D eigenvalue weighted by molar-refractivity contribution is -0.149. The van der Waals surface area contributed by atoms with Gasteiger partial charge in [0.15, 0.2) is 0 Å². The van der Waals surface area contributed by atoms with Gasteiger partial charge in [-0.2, -0.15) is 0 Å². The van der Waals surface area contributed by atoms with E-state index in [2.05, 4.69) is 5.32 Å². The Morgan fingerprint density at radius 1 is 1.25 bits per heavy atom. The van der Waals surface area contributed by atoms with Crippen molar-refractivity contribution in [2.24, 2.45) is 5.92 Å². The minimum absolute atomic E-state index is 0.103. The van der Waals surface area contributed by atoms with Crippen molar-refractivity contribution >= 4 is 11.8 Å². The average molecular weight is 275 g/mol. The maximum atomic E-state index is 12.0. The monoisotopic (exact) mass is 275 g/mol. The van der Waals surface area contributed by atoms with Crippen LogP contribution < -0.4 is 5.32 Å². The van der Waals surface area contributed by atoms with Gasteiger partial charge in [-0.1, -0.05) is 30.3 Å². The molecule has 0 saturated carbocycles. The van der Waals surface area contributed by atoms with Gasteiger partial charge < -0.3 is 4.74 Å². The number of rotatable bonds is 4. The molecule has 1 N–H and O–H groups in total. The van der Waals surface area contributed by atoms with Gasteiger partial charge in [-0.15, -0.1) is 0 Å². The molecule has 2 rings (SSSR count). The van der Waals surface area contributed by atoms with Crippen LogP contribution in [0.2, 0.25) is 0 Å². The summed E-state index contributed by atoms with van der Waals surface area (Å²) in [6.45, 7) is 5.23. The molecule has 1 aromatic carbocycles. The average Bonchev–Trinajstić information content (AvgIpc) is 2.84. The number of esters is 1. The zero-order chi connectivity index (χ0) is 14.7. The van der Waals surface area contributed by atoms with Crippen LogP contribution in [0.4, 0.5) is 0 Å². The summed E-state index contributed by atoms with van der Waals surface area (Å²) in [5, 5.41) is 3.25. The van der Waals surface area contributed by atoms with Crippen LogP contribution >= 0.6 is 0 Å². The van der Waals surface area contributed by atoms with Crippen LogP contribution in [0, 0.1) is 5.92 Å². The standard InChI is InChI=1S/C16H21NO3/c1-10(2)20-16(19)14-9-13(11(3)18)15(17-14)12-7-5-4-6-8-12/h4-8,10,13-15,17H,9H2,1-3H3/t13-,14-,15+/m1/s1. The molecule has 0 bridgehead atoms. The molecule has 0 radical (unpaired) electrons. The van der Waals surface area contributed by atoms with Crippen molar-refractivity contribution in [3.05, 3.63) is 35.9 Å². The third-order valence-electron chi connectivity index (χ3n) is 3.59.